The second kappa shape index (κ2) is 17.8. The molecule has 0 saturated heterocycles. The molecule has 0 fully saturated rings. The highest BCUT2D eigenvalue weighted by Gasteiger charge is 2.26. The van der Waals surface area contributed by atoms with E-state index in [1.54, 1.807) is 12.1 Å². The van der Waals surface area contributed by atoms with Crippen molar-refractivity contribution in [1.82, 2.24) is 10.2 Å². The van der Waals surface area contributed by atoms with E-state index in [0.29, 0.717) is 11.7 Å². The Morgan fingerprint density at radius 3 is 2.36 bits per heavy atom. The van der Waals surface area contributed by atoms with E-state index in [1.807, 2.05) is 18.2 Å². The first-order chi connectivity index (χ1) is 16.0. The van der Waals surface area contributed by atoms with E-state index in [0.717, 1.165) is 69.4 Å². The largest absolute Gasteiger partial charge is 0.506 e. The van der Waals surface area contributed by atoms with E-state index in [-0.39, 0.29) is 54.5 Å². The number of phenols is 3. The average molecular weight is 565 g/mol. The van der Waals surface area contributed by atoms with Crippen molar-refractivity contribution in [2.45, 2.75) is 70.8 Å². The van der Waals surface area contributed by atoms with Crippen LogP contribution in [0.3, 0.4) is 0 Å². The second-order valence-electron chi connectivity index (χ2n) is 9.31. The van der Waals surface area contributed by atoms with Gasteiger partial charge >= 0.3 is 0 Å². The van der Waals surface area contributed by atoms with E-state index in [1.165, 1.54) is 31.2 Å². The van der Waals surface area contributed by atoms with Gasteiger partial charge in [-0.2, -0.15) is 0 Å². The summed E-state index contributed by atoms with van der Waals surface area (Å²) < 4.78 is 0. The molecule has 36 heavy (non-hydrogen) atoms. The molecule has 0 radical (unpaired) electrons. The highest BCUT2D eigenvalue weighted by atomic mass is 35.5. The first kappa shape index (κ1) is 34.4. The van der Waals surface area contributed by atoms with Crippen molar-refractivity contribution in [3.63, 3.8) is 0 Å². The summed E-state index contributed by atoms with van der Waals surface area (Å²) in [6, 6.07) is 9.55. The molecular weight excluding hydrogens is 521 g/mol. The van der Waals surface area contributed by atoms with Gasteiger partial charge in [-0.25, -0.2) is 0 Å². The van der Waals surface area contributed by atoms with Gasteiger partial charge in [-0.3, -0.25) is 0 Å². The van der Waals surface area contributed by atoms with Crippen LogP contribution in [0, 0.1) is 0 Å². The van der Waals surface area contributed by atoms with Gasteiger partial charge < -0.3 is 31.3 Å². The fourth-order valence-corrected chi connectivity index (χ4v) is 4.91. The first-order valence-corrected chi connectivity index (χ1v) is 12.5. The number of nitrogens with zero attached hydrogens (tertiary/aromatic N) is 1. The van der Waals surface area contributed by atoms with E-state index < -0.39 is 0 Å². The van der Waals surface area contributed by atoms with Crippen molar-refractivity contribution in [1.29, 1.82) is 0 Å². The first-order valence-electron chi connectivity index (χ1n) is 12.5. The summed E-state index contributed by atoms with van der Waals surface area (Å²) in [6.45, 7) is 6.44. The minimum atomic E-state index is -0.00263. The molecule has 0 heterocycles. The lowest BCUT2D eigenvalue weighted by Gasteiger charge is -2.35. The number of nitrogens with one attached hydrogen (secondary N) is 1. The Morgan fingerprint density at radius 1 is 0.917 bits per heavy atom. The van der Waals surface area contributed by atoms with Crippen LogP contribution in [0.4, 0.5) is 5.69 Å². The lowest BCUT2D eigenvalue weighted by Crippen LogP contribution is -2.40. The molecule has 0 aliphatic heterocycles. The number of aromatic hydroxyl groups is 3. The van der Waals surface area contributed by atoms with Gasteiger partial charge in [0, 0.05) is 11.6 Å². The lowest BCUT2D eigenvalue weighted by atomic mass is 9.86. The van der Waals surface area contributed by atoms with Crippen molar-refractivity contribution in [3.05, 3.63) is 47.0 Å². The minimum absolute atomic E-state index is 0. The normalized spacial score (nSPS) is 14.3. The molecule has 1 aliphatic carbocycles. The van der Waals surface area contributed by atoms with Crippen molar-refractivity contribution in [2.75, 3.05) is 31.9 Å². The lowest BCUT2D eigenvalue weighted by molar-refractivity contribution is 0.175. The Hall–Kier alpha value is -1.57. The Balaban J connectivity index is 0.00000408. The molecule has 206 valence electrons. The zero-order chi connectivity index (χ0) is 23.6. The molecule has 6 N–H and O–H groups in total. The van der Waals surface area contributed by atoms with Crippen LogP contribution in [0.2, 0.25) is 0 Å². The van der Waals surface area contributed by atoms with Crippen LogP contribution in [0.15, 0.2) is 30.3 Å². The van der Waals surface area contributed by atoms with Crippen LogP contribution in [0.1, 0.15) is 62.1 Å². The summed E-state index contributed by atoms with van der Waals surface area (Å²) in [5, 5.41) is 32.9. The third-order valence-electron chi connectivity index (χ3n) is 6.80. The van der Waals surface area contributed by atoms with Gasteiger partial charge in [0.1, 0.15) is 5.75 Å². The van der Waals surface area contributed by atoms with Gasteiger partial charge in [-0.15, -0.1) is 37.2 Å². The van der Waals surface area contributed by atoms with Gasteiger partial charge in [0.2, 0.25) is 0 Å². The molecule has 0 aromatic heterocycles. The maximum atomic E-state index is 10.1. The molecule has 1 atom stereocenters. The predicted molar refractivity (Wildman–Crippen MR) is 157 cm³/mol. The summed E-state index contributed by atoms with van der Waals surface area (Å²) >= 11 is 0. The van der Waals surface area contributed by atoms with Crippen molar-refractivity contribution in [2.24, 2.45) is 0 Å². The van der Waals surface area contributed by atoms with Crippen LogP contribution in [-0.4, -0.2) is 52.4 Å². The molecule has 0 spiro atoms. The van der Waals surface area contributed by atoms with Gasteiger partial charge in [0.05, 0.1) is 5.69 Å². The molecule has 0 saturated carbocycles. The van der Waals surface area contributed by atoms with Gasteiger partial charge in [0.15, 0.2) is 11.5 Å². The SMILES string of the molecule is CCCN(CCCCCCNCCc1ccc(O)c(N)c1)[C@H]1CCc2c(ccc(O)c2O)C1.Cl.Cl.Cl. The smallest absolute Gasteiger partial charge is 0.160 e. The fourth-order valence-electron chi connectivity index (χ4n) is 4.91. The third-order valence-corrected chi connectivity index (χ3v) is 6.80. The summed E-state index contributed by atoms with van der Waals surface area (Å²) in [5.41, 5.74) is 9.45. The number of nitrogen functional groups attached to an aromatic ring is 1. The van der Waals surface area contributed by atoms with Crippen molar-refractivity contribution in [3.8, 4) is 17.2 Å². The topological polar surface area (TPSA) is 102 Å². The van der Waals surface area contributed by atoms with Crippen LogP contribution >= 0.6 is 37.2 Å². The zero-order valence-corrected chi connectivity index (χ0v) is 23.7. The maximum absolute atomic E-state index is 10.1. The second-order valence-corrected chi connectivity index (χ2v) is 9.31. The highest BCUT2D eigenvalue weighted by Crippen LogP contribution is 2.36. The van der Waals surface area contributed by atoms with Gasteiger partial charge in [-0.05, 0) is 100 Å². The Kier molecular flexibility index (Phi) is 17.0. The van der Waals surface area contributed by atoms with Gasteiger partial charge in [-0.1, -0.05) is 31.9 Å². The van der Waals surface area contributed by atoms with Crippen molar-refractivity contribution < 1.29 is 15.3 Å². The molecule has 9 heteroatoms. The summed E-state index contributed by atoms with van der Waals surface area (Å²) in [7, 11) is 0. The Morgan fingerprint density at radius 2 is 1.64 bits per heavy atom. The molecule has 0 unspecified atom stereocenters. The standard InChI is InChI=1S/C27H41N3O3.3ClH/c1-2-16-30(22-9-10-23-21(19-22)8-12-26(32)27(23)33)17-6-4-3-5-14-29-15-13-20-7-11-25(31)24(28)18-20;;;/h7-8,11-12,18,22,29,31-33H,2-6,9-10,13-17,19,28H2,1H3;3*1H/t22-;;;/m0.../s1. The molecule has 2 aromatic rings. The predicted octanol–water partition coefficient (Wildman–Crippen LogP) is 5.61. The summed E-state index contributed by atoms with van der Waals surface area (Å²) in [5.74, 6) is 0.225. The molecule has 3 rings (SSSR count). The average Bonchev–Trinajstić information content (AvgIpc) is 2.81. The Labute approximate surface area is 234 Å². The molecule has 0 amide bonds. The number of halogens is 3. The van der Waals surface area contributed by atoms with E-state index in [4.69, 9.17) is 5.73 Å². The summed E-state index contributed by atoms with van der Waals surface area (Å²) in [6.07, 6.45) is 9.79. The molecule has 2 aromatic carbocycles. The number of anilines is 1. The number of hydrogen-bond acceptors (Lipinski definition) is 6. The zero-order valence-electron chi connectivity index (χ0n) is 21.2. The van der Waals surface area contributed by atoms with Crippen molar-refractivity contribution >= 4 is 42.9 Å². The highest BCUT2D eigenvalue weighted by molar-refractivity contribution is 5.86. The van der Waals surface area contributed by atoms with Gasteiger partial charge in [0.25, 0.3) is 0 Å². The minimum Gasteiger partial charge on any atom is -0.506 e. The number of phenolic OH excluding ortho intramolecular Hbond substituents is 3. The third kappa shape index (κ3) is 10.1. The fraction of sp³-hybridized carbons (Fsp3) is 0.556. The van der Waals surface area contributed by atoms with Crippen LogP contribution < -0.4 is 11.1 Å². The van der Waals surface area contributed by atoms with E-state index in [9.17, 15) is 15.3 Å². The molecule has 1 aliphatic rings. The number of rotatable bonds is 13. The van der Waals surface area contributed by atoms with Crippen LogP contribution in [0.25, 0.3) is 0 Å². The van der Waals surface area contributed by atoms with Crippen LogP contribution in [-0.2, 0) is 19.3 Å². The molecular formula is C27H44Cl3N3O3. The number of unbranched alkanes of at least 4 members (excludes halogenated alkanes) is 3. The number of fused-ring (bicyclic) bond motifs is 1. The Bertz CT molecular complexity index is 902. The monoisotopic (exact) mass is 563 g/mol. The van der Waals surface area contributed by atoms with Crippen LogP contribution in [0.5, 0.6) is 17.2 Å². The quantitative estimate of drug-likeness (QED) is 0.123. The number of hydrogen-bond donors (Lipinski definition) is 5. The van der Waals surface area contributed by atoms with E-state index >= 15 is 0 Å². The maximum Gasteiger partial charge on any atom is 0.160 e. The van der Waals surface area contributed by atoms with E-state index in [2.05, 4.69) is 17.1 Å². The molecule has 0 bridgehead atoms. The summed E-state index contributed by atoms with van der Waals surface area (Å²) in [4.78, 5) is 2.63. The number of nitrogens with two attached hydrogens (primary N) is 1. The number of benzene rings is 2. The molecule has 6 nitrogen and oxygen atoms in total.